The molecular weight excluding hydrogens is 340 g/mol. The number of allylic oxidation sites excluding steroid dienone is 3. The zero-order chi connectivity index (χ0) is 13.8. The second-order valence-electron chi connectivity index (χ2n) is 5.04. The zero-order valence-corrected chi connectivity index (χ0v) is 15.7. The van der Waals surface area contributed by atoms with Gasteiger partial charge in [0.25, 0.3) is 0 Å². The van der Waals surface area contributed by atoms with Crippen molar-refractivity contribution in [1.29, 1.82) is 0 Å². The third-order valence-electron chi connectivity index (χ3n) is 3.19. The van der Waals surface area contributed by atoms with Gasteiger partial charge in [-0.25, -0.2) is 0 Å². The third kappa shape index (κ3) is 5.16. The smallest absolute Gasteiger partial charge is 1.00 e. The molecule has 0 N–H and O–H groups in total. The molecule has 1 amide bonds. The van der Waals surface area contributed by atoms with Crippen LogP contribution in [0.4, 0.5) is 0 Å². The maximum atomic E-state index is 12.2. The van der Waals surface area contributed by atoms with E-state index < -0.39 is 0 Å². The third-order valence-corrected chi connectivity index (χ3v) is 3.19. The second kappa shape index (κ2) is 9.28. The number of benzene rings is 1. The molecule has 1 heterocycles. The quantitative estimate of drug-likeness (QED) is 0.739. The van der Waals surface area contributed by atoms with Gasteiger partial charge in [0.1, 0.15) is 0 Å². The molecule has 1 atom stereocenters. The van der Waals surface area contributed by atoms with Crippen LogP contribution in [0.15, 0.2) is 54.3 Å². The Morgan fingerprint density at radius 2 is 1.86 bits per heavy atom. The molecule has 0 aliphatic carbocycles. The van der Waals surface area contributed by atoms with Crippen molar-refractivity contribution in [3.8, 4) is 0 Å². The number of nitrogens with zero attached hydrogens (tertiary/aromatic N) is 2. The van der Waals surface area contributed by atoms with E-state index in [0.29, 0.717) is 11.5 Å². The van der Waals surface area contributed by atoms with Gasteiger partial charge < -0.3 is 32.2 Å². The zero-order valence-electron chi connectivity index (χ0n) is 12.7. The molecule has 0 saturated carbocycles. The van der Waals surface area contributed by atoms with Gasteiger partial charge in [-0.3, -0.25) is 0 Å². The summed E-state index contributed by atoms with van der Waals surface area (Å²) in [6, 6.07) is 9.30. The topological polar surface area (TPSA) is 34.4 Å². The Bertz CT molecular complexity index is 514. The minimum absolute atomic E-state index is 0. The Hall–Kier alpha value is -0.784. The van der Waals surface area contributed by atoms with Crippen molar-refractivity contribution in [1.82, 2.24) is 5.01 Å². The van der Waals surface area contributed by atoms with E-state index >= 15 is 0 Å². The molecule has 1 aliphatic heterocycles. The van der Waals surface area contributed by atoms with Gasteiger partial charge in [-0.15, -0.1) is 0 Å². The summed E-state index contributed by atoms with van der Waals surface area (Å²) in [7, 11) is 0. The number of rotatable bonds is 3. The summed E-state index contributed by atoms with van der Waals surface area (Å²) in [6.45, 7) is 6.23. The summed E-state index contributed by atoms with van der Waals surface area (Å²) in [6.07, 6.45) is 6.08. The van der Waals surface area contributed by atoms with E-state index in [-0.39, 0.29) is 52.0 Å². The van der Waals surface area contributed by atoms with Crippen LogP contribution in [0.2, 0.25) is 0 Å². The number of hydrogen-bond acceptors (Lipinski definition) is 2. The maximum absolute atomic E-state index is 12.2. The van der Waals surface area contributed by atoms with Gasteiger partial charge in [0, 0.05) is 11.6 Å². The van der Waals surface area contributed by atoms with Crippen LogP contribution in [-0.4, -0.2) is 40.0 Å². The summed E-state index contributed by atoms with van der Waals surface area (Å²) < 4.78 is 0. The normalized spacial score (nSPS) is 16.7. The van der Waals surface area contributed by atoms with Gasteiger partial charge in [0.05, 0.1) is 5.91 Å². The molecule has 2 rings (SSSR count). The van der Waals surface area contributed by atoms with Crippen molar-refractivity contribution in [2.75, 3.05) is 0 Å². The van der Waals surface area contributed by atoms with Gasteiger partial charge in [-0.05, 0) is 24.6 Å². The van der Waals surface area contributed by atoms with E-state index in [4.69, 9.17) is 0 Å². The average Bonchev–Trinajstić information content (AvgIpc) is 2.41. The van der Waals surface area contributed by atoms with Gasteiger partial charge in [-0.1, -0.05) is 56.3 Å². The first kappa shape index (κ1) is 20.2. The van der Waals surface area contributed by atoms with E-state index in [1.54, 1.807) is 12.1 Å². The molecule has 1 unspecified atom stereocenters. The Morgan fingerprint density at radius 3 is 2.43 bits per heavy atom. The Kier molecular flexibility index (Phi) is 8.93. The van der Waals surface area contributed by atoms with Crippen LogP contribution in [0.5, 0.6) is 0 Å². The molecule has 0 fully saturated rings. The van der Waals surface area contributed by atoms with Crippen molar-refractivity contribution >= 4 is 29.0 Å². The van der Waals surface area contributed by atoms with E-state index in [1.165, 1.54) is 0 Å². The second-order valence-corrected chi connectivity index (χ2v) is 5.04. The molecule has 5 heteroatoms. The van der Waals surface area contributed by atoms with Gasteiger partial charge >= 0.3 is 23.1 Å². The number of carbonyl (C=O) groups excluding carboxylic acids is 1. The van der Waals surface area contributed by atoms with Crippen molar-refractivity contribution in [3.05, 3.63) is 65.2 Å². The van der Waals surface area contributed by atoms with E-state index in [9.17, 15) is 4.79 Å². The fourth-order valence-electron chi connectivity index (χ4n) is 2.09. The fourth-order valence-corrected chi connectivity index (χ4v) is 2.09. The van der Waals surface area contributed by atoms with Crippen LogP contribution in [0.25, 0.3) is 5.43 Å². The van der Waals surface area contributed by atoms with Crippen molar-refractivity contribution < 1.29 is 21.8 Å². The molecule has 0 bridgehead atoms. The SMILES string of the molecule is CC1=CC=CC(C(C)C)N1[N-]C(=O)c1ccccc1.[Br-].[Mg+2]. The molecule has 0 aromatic heterocycles. The standard InChI is InChI=1S/C16H20N2O.BrH.Mg/c1-12(2)15-11-7-8-13(3)18(15)17-16(19)14-9-5-4-6-10-14;;/h4-12,15H,1-3H3,(H,17,19);1H;/q;;+2/p-2. The molecule has 21 heavy (non-hydrogen) atoms. The van der Waals surface area contributed by atoms with Crippen molar-refractivity contribution in [2.45, 2.75) is 26.8 Å². The monoisotopic (exact) mass is 358 g/mol. The minimum atomic E-state index is -0.200. The van der Waals surface area contributed by atoms with Crippen LogP contribution in [0, 0.1) is 5.92 Å². The van der Waals surface area contributed by atoms with Crippen LogP contribution < -0.4 is 17.0 Å². The summed E-state index contributed by atoms with van der Waals surface area (Å²) in [4.78, 5) is 12.2. The Morgan fingerprint density at radius 1 is 1.24 bits per heavy atom. The summed E-state index contributed by atoms with van der Waals surface area (Å²) >= 11 is 0. The van der Waals surface area contributed by atoms with Crippen LogP contribution in [0.1, 0.15) is 31.1 Å². The molecule has 108 valence electrons. The first-order chi connectivity index (χ1) is 9.09. The van der Waals surface area contributed by atoms with Crippen molar-refractivity contribution in [2.24, 2.45) is 5.92 Å². The fraction of sp³-hybridized carbons (Fsp3) is 0.312. The van der Waals surface area contributed by atoms with Crippen LogP contribution in [0.3, 0.4) is 0 Å². The van der Waals surface area contributed by atoms with Crippen molar-refractivity contribution in [3.63, 3.8) is 0 Å². The number of halogens is 1. The van der Waals surface area contributed by atoms with Crippen LogP contribution in [-0.2, 0) is 0 Å². The number of carbonyl (C=O) groups is 1. The minimum Gasteiger partial charge on any atom is -1.00 e. The van der Waals surface area contributed by atoms with Gasteiger partial charge in [-0.2, -0.15) is 0 Å². The Balaban J connectivity index is 0.00000200. The summed E-state index contributed by atoms with van der Waals surface area (Å²) in [5, 5.41) is 1.82. The molecule has 0 saturated heterocycles. The van der Waals surface area contributed by atoms with E-state index in [2.05, 4.69) is 25.3 Å². The first-order valence-electron chi connectivity index (χ1n) is 6.55. The predicted octanol–water partition coefficient (Wildman–Crippen LogP) is 0.539. The molecule has 1 aliphatic rings. The van der Waals surface area contributed by atoms with E-state index in [1.807, 2.05) is 42.3 Å². The first-order valence-corrected chi connectivity index (χ1v) is 6.55. The van der Waals surface area contributed by atoms with E-state index in [0.717, 1.165) is 5.70 Å². The molecule has 1 aromatic rings. The molecule has 3 nitrogen and oxygen atoms in total. The Labute approximate surface area is 153 Å². The largest absolute Gasteiger partial charge is 2.00 e. The summed E-state index contributed by atoms with van der Waals surface area (Å²) in [5.41, 5.74) is 5.87. The predicted molar refractivity (Wildman–Crippen MR) is 83.2 cm³/mol. The molecule has 1 aromatic carbocycles. The van der Waals surface area contributed by atoms with Crippen LogP contribution >= 0.6 is 0 Å². The molecular formula is C16H19BrMgN2O. The average molecular weight is 360 g/mol. The van der Waals surface area contributed by atoms with Gasteiger partial charge in [0.2, 0.25) is 0 Å². The molecule has 0 spiro atoms. The molecule has 0 radical (unpaired) electrons. The van der Waals surface area contributed by atoms with Gasteiger partial charge in [0.15, 0.2) is 0 Å². The maximum Gasteiger partial charge on any atom is 2.00 e. The number of amides is 1. The number of hydrogen-bond donors (Lipinski definition) is 0. The summed E-state index contributed by atoms with van der Waals surface area (Å²) in [5.74, 6) is 0.196.